The van der Waals surface area contributed by atoms with E-state index in [9.17, 15) is 4.79 Å². The Labute approximate surface area is 90.4 Å². The van der Waals surface area contributed by atoms with Crippen LogP contribution in [0.5, 0.6) is 0 Å². The Morgan fingerprint density at radius 1 is 1.53 bits per heavy atom. The van der Waals surface area contributed by atoms with E-state index in [0.29, 0.717) is 0 Å². The molecular formula is C11H17N3O. The summed E-state index contributed by atoms with van der Waals surface area (Å²) < 4.78 is 0. The molecule has 1 fully saturated rings. The van der Waals surface area contributed by atoms with Crippen molar-refractivity contribution in [3.8, 4) is 0 Å². The van der Waals surface area contributed by atoms with Crippen molar-refractivity contribution < 1.29 is 4.79 Å². The highest BCUT2D eigenvalue weighted by molar-refractivity contribution is 5.94. The molecule has 4 heteroatoms. The second-order valence-electron chi connectivity index (χ2n) is 3.39. The summed E-state index contributed by atoms with van der Waals surface area (Å²) in [5.74, 6) is 0.868. The number of allylic oxidation sites excluding steroid dienone is 3. The molecular weight excluding hydrogens is 190 g/mol. The van der Waals surface area contributed by atoms with Crippen molar-refractivity contribution in [3.05, 3.63) is 24.4 Å². The lowest BCUT2D eigenvalue weighted by atomic mass is 10.4. The maximum Gasteiger partial charge on any atom is 0.346 e. The highest BCUT2D eigenvalue weighted by Gasteiger charge is 2.14. The summed E-state index contributed by atoms with van der Waals surface area (Å²) in [5.41, 5.74) is 0. The van der Waals surface area contributed by atoms with Gasteiger partial charge in [-0.3, -0.25) is 0 Å². The summed E-state index contributed by atoms with van der Waals surface area (Å²) in [6.07, 6.45) is 9.05. The fourth-order valence-electron chi connectivity index (χ4n) is 1.37. The maximum absolute atomic E-state index is 11.3. The van der Waals surface area contributed by atoms with Crippen LogP contribution in [0.25, 0.3) is 0 Å². The normalized spacial score (nSPS) is 19.6. The van der Waals surface area contributed by atoms with Gasteiger partial charge in [0.15, 0.2) is 0 Å². The molecule has 1 heterocycles. The summed E-state index contributed by atoms with van der Waals surface area (Å²) in [5, 5.41) is 2.58. The number of amides is 2. The number of urea groups is 1. The first kappa shape index (κ1) is 11.5. The van der Waals surface area contributed by atoms with Gasteiger partial charge >= 0.3 is 6.03 Å². The molecule has 1 aliphatic heterocycles. The van der Waals surface area contributed by atoms with E-state index >= 15 is 0 Å². The van der Waals surface area contributed by atoms with E-state index in [0.717, 1.165) is 25.2 Å². The predicted octanol–water partition coefficient (Wildman–Crippen LogP) is 1.91. The van der Waals surface area contributed by atoms with Gasteiger partial charge in [0.2, 0.25) is 0 Å². The zero-order valence-corrected chi connectivity index (χ0v) is 9.23. The number of carbonyl (C=O) groups excluding carboxylic acids is 1. The minimum Gasteiger partial charge on any atom is -0.363 e. The van der Waals surface area contributed by atoms with E-state index in [1.54, 1.807) is 12.3 Å². The molecule has 0 bridgehead atoms. The van der Waals surface area contributed by atoms with Crippen molar-refractivity contribution in [2.24, 2.45) is 4.99 Å². The molecule has 1 rings (SSSR count). The van der Waals surface area contributed by atoms with Gasteiger partial charge in [0, 0.05) is 26.2 Å². The molecule has 0 aromatic heterocycles. The third kappa shape index (κ3) is 3.97. The lowest BCUT2D eigenvalue weighted by Crippen LogP contribution is -2.23. The van der Waals surface area contributed by atoms with Crippen LogP contribution < -0.4 is 5.32 Å². The van der Waals surface area contributed by atoms with Crippen LogP contribution in [-0.4, -0.2) is 30.4 Å². The quantitative estimate of drug-likeness (QED) is 0.703. The third-order valence-corrected chi connectivity index (χ3v) is 2.17. The van der Waals surface area contributed by atoms with Crippen molar-refractivity contribution in [1.29, 1.82) is 0 Å². The van der Waals surface area contributed by atoms with Crippen molar-refractivity contribution in [1.82, 2.24) is 10.2 Å². The molecule has 0 spiro atoms. The lowest BCUT2D eigenvalue weighted by molar-refractivity contribution is 0.252. The highest BCUT2D eigenvalue weighted by Crippen LogP contribution is 2.08. The first-order chi connectivity index (χ1) is 7.24. The molecule has 0 aromatic rings. The maximum atomic E-state index is 11.3. The third-order valence-electron chi connectivity index (χ3n) is 2.17. The SMILES string of the molecule is CC=CC=CNC(=O)N=C1CCCN1C. The van der Waals surface area contributed by atoms with Crippen LogP contribution >= 0.6 is 0 Å². The van der Waals surface area contributed by atoms with Gasteiger partial charge in [-0.15, -0.1) is 0 Å². The molecule has 0 unspecified atom stereocenters. The molecule has 0 radical (unpaired) electrons. The van der Waals surface area contributed by atoms with Gasteiger partial charge in [0.1, 0.15) is 5.84 Å². The summed E-state index contributed by atoms with van der Waals surface area (Å²) in [7, 11) is 1.95. The van der Waals surface area contributed by atoms with Crippen LogP contribution in [0.3, 0.4) is 0 Å². The van der Waals surface area contributed by atoms with Crippen LogP contribution in [0, 0.1) is 0 Å². The van der Waals surface area contributed by atoms with E-state index < -0.39 is 0 Å². The Bertz CT molecular complexity index is 305. The monoisotopic (exact) mass is 207 g/mol. The van der Waals surface area contributed by atoms with Crippen LogP contribution in [0.2, 0.25) is 0 Å². The molecule has 0 aromatic carbocycles. The Balaban J connectivity index is 2.41. The van der Waals surface area contributed by atoms with E-state index in [-0.39, 0.29) is 6.03 Å². The van der Waals surface area contributed by atoms with E-state index in [2.05, 4.69) is 10.3 Å². The number of aliphatic imine (C=N–C) groups is 1. The van der Waals surface area contributed by atoms with Crippen LogP contribution in [-0.2, 0) is 0 Å². The number of likely N-dealkylation sites (tertiary alicyclic amines) is 1. The summed E-state index contributed by atoms with van der Waals surface area (Å²) in [6.45, 7) is 2.90. The molecule has 0 atom stereocenters. The standard InChI is InChI=1S/C11H17N3O/c1-3-4-5-8-12-11(15)13-10-7-6-9-14(10)2/h3-5,8H,6-7,9H2,1-2H3,(H,12,15). The molecule has 0 saturated carbocycles. The van der Waals surface area contributed by atoms with Crippen molar-refractivity contribution >= 4 is 11.9 Å². The first-order valence-electron chi connectivity index (χ1n) is 5.11. The van der Waals surface area contributed by atoms with Gasteiger partial charge in [-0.05, 0) is 19.4 Å². The van der Waals surface area contributed by atoms with Gasteiger partial charge in [-0.25, -0.2) is 4.79 Å². The van der Waals surface area contributed by atoms with Gasteiger partial charge in [-0.1, -0.05) is 12.2 Å². The van der Waals surface area contributed by atoms with E-state index in [4.69, 9.17) is 0 Å². The minimum absolute atomic E-state index is 0.306. The zero-order chi connectivity index (χ0) is 11.1. The minimum atomic E-state index is -0.306. The highest BCUT2D eigenvalue weighted by atomic mass is 16.2. The van der Waals surface area contributed by atoms with Crippen LogP contribution in [0.1, 0.15) is 19.8 Å². The molecule has 1 N–H and O–H groups in total. The fraction of sp³-hybridized carbons (Fsp3) is 0.455. The summed E-state index contributed by atoms with van der Waals surface area (Å²) >= 11 is 0. The smallest absolute Gasteiger partial charge is 0.346 e. The molecule has 1 aliphatic rings. The van der Waals surface area contributed by atoms with Crippen molar-refractivity contribution in [3.63, 3.8) is 0 Å². The van der Waals surface area contributed by atoms with Crippen molar-refractivity contribution in [2.75, 3.05) is 13.6 Å². The number of nitrogens with zero attached hydrogens (tertiary/aromatic N) is 2. The Hall–Kier alpha value is -1.58. The number of amidine groups is 1. The Morgan fingerprint density at radius 3 is 2.93 bits per heavy atom. The molecule has 15 heavy (non-hydrogen) atoms. The second kappa shape index (κ2) is 6.01. The number of hydrogen-bond donors (Lipinski definition) is 1. The van der Waals surface area contributed by atoms with Gasteiger partial charge in [0.25, 0.3) is 0 Å². The second-order valence-corrected chi connectivity index (χ2v) is 3.39. The van der Waals surface area contributed by atoms with Crippen LogP contribution in [0.15, 0.2) is 29.4 Å². The number of rotatable bonds is 2. The predicted molar refractivity (Wildman–Crippen MR) is 61.8 cm³/mol. The zero-order valence-electron chi connectivity index (χ0n) is 9.23. The summed E-state index contributed by atoms with van der Waals surface area (Å²) in [4.78, 5) is 17.3. The fourth-order valence-corrected chi connectivity index (χ4v) is 1.37. The average molecular weight is 207 g/mol. The Morgan fingerprint density at radius 2 is 2.33 bits per heavy atom. The number of carbonyl (C=O) groups is 1. The molecule has 1 saturated heterocycles. The lowest BCUT2D eigenvalue weighted by Gasteiger charge is -2.09. The van der Waals surface area contributed by atoms with Crippen molar-refractivity contribution in [2.45, 2.75) is 19.8 Å². The average Bonchev–Trinajstić information content (AvgIpc) is 2.59. The van der Waals surface area contributed by atoms with E-state index in [1.165, 1.54) is 0 Å². The van der Waals surface area contributed by atoms with E-state index in [1.807, 2.05) is 31.0 Å². The Kier molecular flexibility index (Phi) is 4.60. The number of nitrogens with one attached hydrogen (secondary N) is 1. The molecule has 2 amide bonds. The molecule has 0 aliphatic carbocycles. The largest absolute Gasteiger partial charge is 0.363 e. The number of hydrogen-bond acceptors (Lipinski definition) is 1. The van der Waals surface area contributed by atoms with Crippen LogP contribution in [0.4, 0.5) is 4.79 Å². The first-order valence-corrected chi connectivity index (χ1v) is 5.11. The molecule has 4 nitrogen and oxygen atoms in total. The van der Waals surface area contributed by atoms with Gasteiger partial charge in [0.05, 0.1) is 0 Å². The summed E-state index contributed by atoms with van der Waals surface area (Å²) in [6, 6.07) is -0.306. The topological polar surface area (TPSA) is 44.7 Å². The molecule has 82 valence electrons. The van der Waals surface area contributed by atoms with Gasteiger partial charge in [-0.2, -0.15) is 4.99 Å². The van der Waals surface area contributed by atoms with Gasteiger partial charge < -0.3 is 10.2 Å².